The highest BCUT2D eigenvalue weighted by molar-refractivity contribution is 6.30. The number of rotatable bonds is 1. The number of hydrogen-bond acceptors (Lipinski definition) is 4. The van der Waals surface area contributed by atoms with Gasteiger partial charge >= 0.3 is 0 Å². The number of para-hydroxylation sites is 1. The molecule has 3 aliphatic rings. The van der Waals surface area contributed by atoms with Crippen LogP contribution in [0, 0.1) is 6.92 Å². The van der Waals surface area contributed by atoms with Crippen LogP contribution in [0.15, 0.2) is 47.6 Å². The van der Waals surface area contributed by atoms with Crippen LogP contribution in [-0.4, -0.2) is 41.5 Å². The Morgan fingerprint density at radius 2 is 1.85 bits per heavy atom. The van der Waals surface area contributed by atoms with Crippen LogP contribution in [0.4, 0.5) is 0 Å². The van der Waals surface area contributed by atoms with Crippen LogP contribution in [0.5, 0.6) is 5.75 Å². The summed E-state index contributed by atoms with van der Waals surface area (Å²) in [5.74, 6) is 1.07. The van der Waals surface area contributed by atoms with Gasteiger partial charge in [0.05, 0.1) is 11.8 Å². The van der Waals surface area contributed by atoms with Gasteiger partial charge in [-0.15, -0.1) is 0 Å². The van der Waals surface area contributed by atoms with Crippen molar-refractivity contribution in [3.8, 4) is 5.75 Å². The Balaban J connectivity index is 1.59. The number of benzene rings is 2. The zero-order chi connectivity index (χ0) is 18.6. The smallest absolute Gasteiger partial charge is 0.200 e. The Hall–Kier alpha value is -2.04. The molecule has 0 saturated carbocycles. The molecule has 1 saturated heterocycles. The second kappa shape index (κ2) is 6.25. The van der Waals surface area contributed by atoms with Crippen LogP contribution in [0.25, 0.3) is 0 Å². The Morgan fingerprint density at radius 1 is 1.11 bits per heavy atom. The first kappa shape index (κ1) is 17.1. The molecule has 1 atom stereocenters. The molecular formula is C22H24ClN3O. The van der Waals surface area contributed by atoms with Crippen molar-refractivity contribution in [1.29, 1.82) is 0 Å². The lowest BCUT2D eigenvalue weighted by molar-refractivity contribution is -0.148. The second-order valence-corrected chi connectivity index (χ2v) is 8.40. The number of halogens is 1. The average molecular weight is 382 g/mol. The summed E-state index contributed by atoms with van der Waals surface area (Å²) < 4.78 is 6.73. The third-order valence-corrected chi connectivity index (χ3v) is 6.42. The summed E-state index contributed by atoms with van der Waals surface area (Å²) >= 11 is 6.08. The summed E-state index contributed by atoms with van der Waals surface area (Å²) in [6.07, 6.45) is 2.83. The van der Waals surface area contributed by atoms with Crippen molar-refractivity contribution >= 4 is 17.3 Å². The predicted molar refractivity (Wildman–Crippen MR) is 108 cm³/mol. The van der Waals surface area contributed by atoms with Crippen molar-refractivity contribution < 1.29 is 4.74 Å². The maximum absolute atomic E-state index is 6.73. The van der Waals surface area contributed by atoms with E-state index in [2.05, 4.69) is 54.2 Å². The number of ether oxygens (including phenoxy) is 1. The zero-order valence-corrected chi connectivity index (χ0v) is 16.5. The second-order valence-electron chi connectivity index (χ2n) is 7.96. The molecule has 0 N–H and O–H groups in total. The predicted octanol–water partition coefficient (Wildman–Crippen LogP) is 4.61. The van der Waals surface area contributed by atoms with Gasteiger partial charge in [0.15, 0.2) is 0 Å². The third-order valence-electron chi connectivity index (χ3n) is 6.17. The van der Waals surface area contributed by atoms with Gasteiger partial charge in [-0.2, -0.15) is 5.10 Å². The topological polar surface area (TPSA) is 28.1 Å². The van der Waals surface area contributed by atoms with Gasteiger partial charge in [-0.05, 0) is 37.2 Å². The van der Waals surface area contributed by atoms with E-state index in [-0.39, 0.29) is 11.8 Å². The summed E-state index contributed by atoms with van der Waals surface area (Å²) in [5.41, 5.74) is 4.39. The molecule has 2 aromatic rings. The van der Waals surface area contributed by atoms with Crippen LogP contribution in [0.2, 0.25) is 5.02 Å². The maximum Gasteiger partial charge on any atom is 0.200 e. The molecule has 2 aromatic carbocycles. The fraction of sp³-hybridized carbons (Fsp3) is 0.409. The molecule has 3 heterocycles. The van der Waals surface area contributed by atoms with Crippen LogP contribution in [-0.2, 0) is 0 Å². The molecular weight excluding hydrogens is 358 g/mol. The summed E-state index contributed by atoms with van der Waals surface area (Å²) in [6.45, 7) is 4.19. The molecule has 4 nitrogen and oxygen atoms in total. The van der Waals surface area contributed by atoms with E-state index in [0.717, 1.165) is 54.4 Å². The standard InChI is InChI=1S/C22H24ClN3O/c1-15-4-3-5-18-20-14-19(16-6-8-17(23)9-7-16)24-26(20)22(27-21(15)18)10-12-25(2)13-11-22/h3-9,20H,10-14H2,1-2H3/t20-/m1/s1. The number of hydrazone groups is 1. The van der Waals surface area contributed by atoms with Crippen LogP contribution in [0.1, 0.15) is 42.0 Å². The van der Waals surface area contributed by atoms with E-state index in [1.165, 1.54) is 11.1 Å². The largest absolute Gasteiger partial charge is 0.466 e. The highest BCUT2D eigenvalue weighted by Crippen LogP contribution is 2.50. The van der Waals surface area contributed by atoms with Gasteiger partial charge in [0.1, 0.15) is 5.75 Å². The fourth-order valence-corrected chi connectivity index (χ4v) is 4.68. The van der Waals surface area contributed by atoms with Gasteiger partial charge in [0, 0.05) is 42.9 Å². The molecule has 5 rings (SSSR count). The zero-order valence-electron chi connectivity index (χ0n) is 15.8. The van der Waals surface area contributed by atoms with E-state index < -0.39 is 0 Å². The van der Waals surface area contributed by atoms with Crippen molar-refractivity contribution in [2.24, 2.45) is 5.10 Å². The van der Waals surface area contributed by atoms with Gasteiger partial charge in [0.2, 0.25) is 5.72 Å². The van der Waals surface area contributed by atoms with Gasteiger partial charge in [-0.1, -0.05) is 41.9 Å². The summed E-state index contributed by atoms with van der Waals surface area (Å²) in [6, 6.07) is 14.7. The van der Waals surface area contributed by atoms with Gasteiger partial charge in [-0.3, -0.25) is 0 Å². The Kier molecular flexibility index (Phi) is 3.95. The fourth-order valence-electron chi connectivity index (χ4n) is 4.56. The number of aryl methyl sites for hydroxylation is 1. The minimum absolute atomic E-state index is 0.239. The van der Waals surface area contributed by atoms with Gasteiger partial charge in [0.25, 0.3) is 0 Å². The molecule has 1 fully saturated rings. The lowest BCUT2D eigenvalue weighted by Crippen LogP contribution is -2.58. The van der Waals surface area contributed by atoms with Crippen LogP contribution < -0.4 is 4.74 Å². The summed E-state index contributed by atoms with van der Waals surface area (Å²) in [4.78, 5) is 2.37. The number of hydrogen-bond donors (Lipinski definition) is 0. The molecule has 27 heavy (non-hydrogen) atoms. The average Bonchev–Trinajstić information content (AvgIpc) is 3.12. The molecule has 0 unspecified atom stereocenters. The summed E-state index contributed by atoms with van der Waals surface area (Å²) in [5, 5.41) is 8.13. The first-order valence-electron chi connectivity index (χ1n) is 9.66. The van der Waals surface area contributed by atoms with E-state index >= 15 is 0 Å². The maximum atomic E-state index is 6.73. The molecule has 5 heteroatoms. The lowest BCUT2D eigenvalue weighted by atomic mass is 9.90. The van der Waals surface area contributed by atoms with Crippen molar-refractivity contribution in [3.63, 3.8) is 0 Å². The first-order valence-corrected chi connectivity index (χ1v) is 10.0. The lowest BCUT2D eigenvalue weighted by Gasteiger charge is -2.51. The molecule has 0 aliphatic carbocycles. The minimum Gasteiger partial charge on any atom is -0.466 e. The van der Waals surface area contributed by atoms with E-state index in [4.69, 9.17) is 21.4 Å². The Morgan fingerprint density at radius 3 is 2.59 bits per heavy atom. The molecule has 0 amide bonds. The van der Waals surface area contributed by atoms with E-state index in [1.807, 2.05) is 12.1 Å². The van der Waals surface area contributed by atoms with Crippen molar-refractivity contribution in [3.05, 3.63) is 64.2 Å². The SMILES string of the molecule is Cc1cccc2c1OC1(CCN(C)CC1)N1N=C(c3ccc(Cl)cc3)C[C@H]21. The van der Waals surface area contributed by atoms with Crippen LogP contribution in [0.3, 0.4) is 0 Å². The summed E-state index contributed by atoms with van der Waals surface area (Å²) in [7, 11) is 2.18. The number of piperidine rings is 1. The van der Waals surface area contributed by atoms with Gasteiger partial charge in [-0.25, -0.2) is 5.01 Å². The van der Waals surface area contributed by atoms with Crippen molar-refractivity contribution in [2.45, 2.75) is 38.0 Å². The van der Waals surface area contributed by atoms with E-state index in [9.17, 15) is 0 Å². The molecule has 0 aromatic heterocycles. The Labute approximate surface area is 165 Å². The molecule has 140 valence electrons. The van der Waals surface area contributed by atoms with Crippen molar-refractivity contribution in [1.82, 2.24) is 9.91 Å². The highest BCUT2D eigenvalue weighted by atomic mass is 35.5. The number of likely N-dealkylation sites (tertiary alicyclic amines) is 1. The first-order chi connectivity index (χ1) is 13.1. The van der Waals surface area contributed by atoms with E-state index in [1.54, 1.807) is 0 Å². The van der Waals surface area contributed by atoms with E-state index in [0.29, 0.717) is 0 Å². The molecule has 1 spiro atoms. The molecule has 0 bridgehead atoms. The monoisotopic (exact) mass is 381 g/mol. The normalized spacial score (nSPS) is 23.6. The van der Waals surface area contributed by atoms with Crippen molar-refractivity contribution in [2.75, 3.05) is 20.1 Å². The van der Waals surface area contributed by atoms with Gasteiger partial charge < -0.3 is 9.64 Å². The Bertz CT molecular complexity index is 900. The molecule has 0 radical (unpaired) electrons. The highest BCUT2D eigenvalue weighted by Gasteiger charge is 2.51. The van der Waals surface area contributed by atoms with Crippen LogP contribution >= 0.6 is 11.6 Å². The quantitative estimate of drug-likeness (QED) is 0.721. The molecule has 3 aliphatic heterocycles. The number of fused-ring (bicyclic) bond motifs is 4. The number of nitrogens with zero attached hydrogens (tertiary/aromatic N) is 3. The third kappa shape index (κ3) is 2.74. The minimum atomic E-state index is -0.343.